The minimum absolute atomic E-state index is 0.0430. The number of hydrogen-bond donors (Lipinski definition) is 1. The zero-order valence-corrected chi connectivity index (χ0v) is 9.19. The molecule has 5 heteroatoms. The van der Waals surface area contributed by atoms with Crippen molar-refractivity contribution >= 4 is 11.7 Å². The highest BCUT2D eigenvalue weighted by Gasteiger charge is 2.43. The fraction of sp³-hybridized carbons (Fsp3) is 0.800. The van der Waals surface area contributed by atoms with Gasteiger partial charge in [0.1, 0.15) is 6.04 Å². The van der Waals surface area contributed by atoms with E-state index in [4.69, 9.17) is 0 Å². The van der Waals surface area contributed by atoms with E-state index in [2.05, 4.69) is 5.32 Å². The lowest BCUT2D eigenvalue weighted by atomic mass is 10.1. The van der Waals surface area contributed by atoms with Crippen LogP contribution < -0.4 is 5.32 Å². The van der Waals surface area contributed by atoms with E-state index >= 15 is 0 Å². The van der Waals surface area contributed by atoms with Gasteiger partial charge in [-0.05, 0) is 26.8 Å². The van der Waals surface area contributed by atoms with Crippen LogP contribution in [0.15, 0.2) is 0 Å². The predicted molar refractivity (Wildman–Crippen MR) is 55.0 cm³/mol. The van der Waals surface area contributed by atoms with Crippen LogP contribution in [0.2, 0.25) is 0 Å². The number of nitrogens with one attached hydrogen (secondary N) is 1. The predicted octanol–water partition coefficient (Wildman–Crippen LogP) is -0.615. The zero-order chi connectivity index (χ0) is 11.0. The smallest absolute Gasteiger partial charge is 0.254 e. The molecule has 2 fully saturated rings. The average molecular weight is 211 g/mol. The summed E-state index contributed by atoms with van der Waals surface area (Å²) in [6, 6.07) is -0.352. The normalized spacial score (nSPS) is 31.9. The maximum Gasteiger partial charge on any atom is 0.254 e. The van der Waals surface area contributed by atoms with Crippen molar-refractivity contribution in [2.45, 2.75) is 31.8 Å². The van der Waals surface area contributed by atoms with Crippen LogP contribution in [0.1, 0.15) is 19.8 Å². The molecule has 2 atom stereocenters. The first-order valence-electron chi connectivity index (χ1n) is 5.41. The standard InChI is InChI=1S/C10H17N3O2/c1-7(14)9-4-6-12-5-3-8(11-2)10(15)13(9)12/h8-9,11H,3-6H2,1-2H3. The van der Waals surface area contributed by atoms with Gasteiger partial charge >= 0.3 is 0 Å². The van der Waals surface area contributed by atoms with Crippen LogP contribution in [-0.2, 0) is 9.59 Å². The molecule has 2 aliphatic rings. The third-order valence-electron chi connectivity index (χ3n) is 3.28. The topological polar surface area (TPSA) is 52.7 Å². The number of carbonyl (C=O) groups excluding carboxylic acids is 2. The van der Waals surface area contributed by atoms with Gasteiger partial charge in [-0.3, -0.25) is 14.6 Å². The highest BCUT2D eigenvalue weighted by molar-refractivity contribution is 5.90. The van der Waals surface area contributed by atoms with E-state index in [9.17, 15) is 9.59 Å². The van der Waals surface area contributed by atoms with Gasteiger partial charge in [0.25, 0.3) is 5.91 Å². The van der Waals surface area contributed by atoms with Gasteiger partial charge in [0, 0.05) is 13.1 Å². The maximum absolute atomic E-state index is 12.0. The summed E-state index contributed by atoms with van der Waals surface area (Å²) in [5, 5.41) is 6.66. The molecule has 0 aromatic heterocycles. The van der Waals surface area contributed by atoms with Crippen molar-refractivity contribution in [3.05, 3.63) is 0 Å². The van der Waals surface area contributed by atoms with E-state index in [-0.39, 0.29) is 23.8 Å². The lowest BCUT2D eigenvalue weighted by Crippen LogP contribution is -2.59. The molecule has 1 amide bonds. The average Bonchev–Trinajstić information content (AvgIpc) is 2.63. The summed E-state index contributed by atoms with van der Waals surface area (Å²) in [5.74, 6) is 0.129. The summed E-state index contributed by atoms with van der Waals surface area (Å²) in [4.78, 5) is 23.4. The minimum atomic E-state index is -0.228. The molecule has 5 nitrogen and oxygen atoms in total. The number of nitrogens with zero attached hydrogens (tertiary/aromatic N) is 2. The van der Waals surface area contributed by atoms with Crippen molar-refractivity contribution in [2.24, 2.45) is 0 Å². The maximum atomic E-state index is 12.0. The molecular formula is C10H17N3O2. The van der Waals surface area contributed by atoms with Crippen LogP contribution in [0.4, 0.5) is 0 Å². The number of ketones is 1. The molecule has 84 valence electrons. The summed E-state index contributed by atoms with van der Waals surface area (Å²) in [7, 11) is 1.79. The zero-order valence-electron chi connectivity index (χ0n) is 9.19. The molecule has 1 N–H and O–H groups in total. The molecule has 2 rings (SSSR count). The van der Waals surface area contributed by atoms with Crippen LogP contribution in [-0.4, -0.2) is 53.9 Å². The van der Waals surface area contributed by atoms with Gasteiger partial charge in [0.05, 0.1) is 6.04 Å². The molecule has 0 aromatic carbocycles. The first-order valence-corrected chi connectivity index (χ1v) is 5.41. The Labute approximate surface area is 89.4 Å². The summed E-state index contributed by atoms with van der Waals surface area (Å²) >= 11 is 0. The monoisotopic (exact) mass is 211 g/mol. The number of rotatable bonds is 2. The lowest BCUT2D eigenvalue weighted by Gasteiger charge is -2.38. The summed E-state index contributed by atoms with van der Waals surface area (Å²) in [6.07, 6.45) is 1.61. The summed E-state index contributed by atoms with van der Waals surface area (Å²) in [5.41, 5.74) is 0. The minimum Gasteiger partial charge on any atom is -0.309 e. The highest BCUT2D eigenvalue weighted by atomic mass is 16.2. The van der Waals surface area contributed by atoms with Crippen LogP contribution >= 0.6 is 0 Å². The van der Waals surface area contributed by atoms with Gasteiger partial charge in [-0.1, -0.05) is 0 Å². The van der Waals surface area contributed by atoms with E-state index in [0.717, 1.165) is 25.9 Å². The van der Waals surface area contributed by atoms with Crippen LogP contribution in [0.5, 0.6) is 0 Å². The molecule has 0 spiro atoms. The van der Waals surface area contributed by atoms with Crippen LogP contribution in [0, 0.1) is 0 Å². The summed E-state index contributed by atoms with van der Waals surface area (Å²) in [6.45, 7) is 3.25. The second-order valence-electron chi connectivity index (χ2n) is 4.18. The SMILES string of the molecule is CNC1CCN2CCC(C(C)=O)N2C1=O. The Bertz CT molecular complexity index is 292. The van der Waals surface area contributed by atoms with E-state index in [1.807, 2.05) is 5.01 Å². The highest BCUT2D eigenvalue weighted by Crippen LogP contribution is 2.24. The first kappa shape index (κ1) is 10.6. The first-order chi connectivity index (χ1) is 7.15. The molecular weight excluding hydrogens is 194 g/mol. The lowest BCUT2D eigenvalue weighted by molar-refractivity contribution is -0.159. The van der Waals surface area contributed by atoms with Crippen molar-refractivity contribution in [1.29, 1.82) is 0 Å². The van der Waals surface area contributed by atoms with Crippen LogP contribution in [0.25, 0.3) is 0 Å². The molecule has 0 aliphatic carbocycles. The van der Waals surface area contributed by atoms with E-state index in [0.29, 0.717) is 0 Å². The Kier molecular flexibility index (Phi) is 2.75. The van der Waals surface area contributed by atoms with Crippen molar-refractivity contribution in [2.75, 3.05) is 20.1 Å². The summed E-state index contributed by atoms with van der Waals surface area (Å²) < 4.78 is 0. The van der Waals surface area contributed by atoms with E-state index < -0.39 is 0 Å². The second-order valence-corrected chi connectivity index (χ2v) is 4.18. The Hall–Kier alpha value is -0.940. The van der Waals surface area contributed by atoms with Crippen molar-refractivity contribution in [3.8, 4) is 0 Å². The van der Waals surface area contributed by atoms with Crippen LogP contribution in [0.3, 0.4) is 0 Å². The molecule has 0 saturated carbocycles. The molecule has 2 aliphatic heterocycles. The van der Waals surface area contributed by atoms with Gasteiger partial charge in [-0.2, -0.15) is 0 Å². The number of carbonyl (C=O) groups is 2. The third kappa shape index (κ3) is 1.66. The fourth-order valence-electron chi connectivity index (χ4n) is 2.42. The van der Waals surface area contributed by atoms with Crippen molar-refractivity contribution in [3.63, 3.8) is 0 Å². The Morgan fingerprint density at radius 3 is 2.67 bits per heavy atom. The van der Waals surface area contributed by atoms with Gasteiger partial charge < -0.3 is 5.32 Å². The van der Waals surface area contributed by atoms with Gasteiger partial charge in [0.15, 0.2) is 5.78 Å². The number of hydrazine groups is 1. The molecule has 0 aromatic rings. The third-order valence-corrected chi connectivity index (χ3v) is 3.28. The van der Waals surface area contributed by atoms with Gasteiger partial charge in [0.2, 0.25) is 0 Å². The van der Waals surface area contributed by atoms with E-state index in [1.165, 1.54) is 0 Å². The Morgan fingerprint density at radius 1 is 1.40 bits per heavy atom. The quantitative estimate of drug-likeness (QED) is 0.661. The number of hydrogen-bond acceptors (Lipinski definition) is 4. The Morgan fingerprint density at radius 2 is 2.07 bits per heavy atom. The molecule has 0 bridgehead atoms. The largest absolute Gasteiger partial charge is 0.309 e. The Balaban J connectivity index is 2.18. The van der Waals surface area contributed by atoms with Crippen molar-refractivity contribution < 1.29 is 9.59 Å². The fourth-order valence-corrected chi connectivity index (χ4v) is 2.42. The van der Waals surface area contributed by atoms with Crippen molar-refractivity contribution in [1.82, 2.24) is 15.3 Å². The number of Topliss-reactive ketones (excluding diaryl/α,β-unsaturated/α-hetero) is 1. The molecule has 2 heterocycles. The second kappa shape index (κ2) is 3.90. The molecule has 2 unspecified atom stereocenters. The molecule has 15 heavy (non-hydrogen) atoms. The molecule has 2 saturated heterocycles. The van der Waals surface area contributed by atoms with Gasteiger partial charge in [-0.25, -0.2) is 5.01 Å². The van der Waals surface area contributed by atoms with Gasteiger partial charge in [-0.15, -0.1) is 0 Å². The number of amides is 1. The number of likely N-dealkylation sites (N-methyl/N-ethyl adjacent to an activating group) is 1. The van der Waals surface area contributed by atoms with E-state index in [1.54, 1.807) is 19.0 Å². The molecule has 0 radical (unpaired) electrons. The number of fused-ring (bicyclic) bond motifs is 1.